The number of ether oxygens (including phenoxy) is 2. The fourth-order valence-electron chi connectivity index (χ4n) is 2.44. The van der Waals surface area contributed by atoms with Crippen molar-refractivity contribution in [3.05, 3.63) is 29.8 Å². The summed E-state index contributed by atoms with van der Waals surface area (Å²) in [6.07, 6.45) is 3.64. The SMILES string of the molecule is CC(=O)OCCCCN(CCCCOC(C)=O)c1cccc(C)c1. The lowest BCUT2D eigenvalue weighted by atomic mass is 10.2. The molecule has 0 aromatic heterocycles. The number of carbonyl (C=O) groups excluding carboxylic acids is 2. The van der Waals surface area contributed by atoms with Gasteiger partial charge >= 0.3 is 11.9 Å². The van der Waals surface area contributed by atoms with Gasteiger partial charge in [-0.25, -0.2) is 0 Å². The summed E-state index contributed by atoms with van der Waals surface area (Å²) < 4.78 is 9.96. The van der Waals surface area contributed by atoms with Crippen LogP contribution in [0.3, 0.4) is 0 Å². The van der Waals surface area contributed by atoms with Crippen LogP contribution in [0.5, 0.6) is 0 Å². The van der Waals surface area contributed by atoms with Gasteiger partial charge in [0.05, 0.1) is 13.2 Å². The maximum atomic E-state index is 10.8. The summed E-state index contributed by atoms with van der Waals surface area (Å²) in [7, 11) is 0. The van der Waals surface area contributed by atoms with E-state index in [0.717, 1.165) is 38.8 Å². The Hall–Kier alpha value is -2.04. The third-order valence-electron chi connectivity index (χ3n) is 3.62. The van der Waals surface area contributed by atoms with Crippen LogP contribution in [0.1, 0.15) is 45.1 Å². The van der Waals surface area contributed by atoms with Crippen molar-refractivity contribution in [1.82, 2.24) is 0 Å². The van der Waals surface area contributed by atoms with Gasteiger partial charge in [-0.2, -0.15) is 0 Å². The van der Waals surface area contributed by atoms with Crippen molar-refractivity contribution in [1.29, 1.82) is 0 Å². The zero-order valence-electron chi connectivity index (χ0n) is 15.0. The Morgan fingerprint density at radius 3 is 1.92 bits per heavy atom. The van der Waals surface area contributed by atoms with E-state index in [9.17, 15) is 9.59 Å². The molecule has 0 amide bonds. The molecule has 24 heavy (non-hydrogen) atoms. The predicted molar refractivity (Wildman–Crippen MR) is 95.1 cm³/mol. The molecule has 0 radical (unpaired) electrons. The molecule has 134 valence electrons. The van der Waals surface area contributed by atoms with E-state index in [0.29, 0.717) is 13.2 Å². The highest BCUT2D eigenvalue weighted by atomic mass is 16.5. The Balaban J connectivity index is 2.44. The van der Waals surface area contributed by atoms with Crippen LogP contribution in [-0.4, -0.2) is 38.2 Å². The third-order valence-corrected chi connectivity index (χ3v) is 3.62. The van der Waals surface area contributed by atoms with Gasteiger partial charge in [0.15, 0.2) is 0 Å². The van der Waals surface area contributed by atoms with E-state index >= 15 is 0 Å². The van der Waals surface area contributed by atoms with Gasteiger partial charge in [0.25, 0.3) is 0 Å². The van der Waals surface area contributed by atoms with E-state index in [1.54, 1.807) is 0 Å². The number of anilines is 1. The topological polar surface area (TPSA) is 55.8 Å². The monoisotopic (exact) mass is 335 g/mol. The Kier molecular flexibility index (Phi) is 9.58. The van der Waals surface area contributed by atoms with Crippen LogP contribution >= 0.6 is 0 Å². The Labute approximate surface area is 144 Å². The molecule has 0 fully saturated rings. The summed E-state index contributed by atoms with van der Waals surface area (Å²) in [4.78, 5) is 23.9. The van der Waals surface area contributed by atoms with Crippen molar-refractivity contribution < 1.29 is 19.1 Å². The van der Waals surface area contributed by atoms with Crippen LogP contribution in [0.4, 0.5) is 5.69 Å². The van der Waals surface area contributed by atoms with Gasteiger partial charge in [-0.05, 0) is 50.3 Å². The Bertz CT molecular complexity index is 492. The first-order chi connectivity index (χ1) is 11.5. The van der Waals surface area contributed by atoms with Crippen LogP contribution in [-0.2, 0) is 19.1 Å². The van der Waals surface area contributed by atoms with Crippen molar-refractivity contribution in [3.63, 3.8) is 0 Å². The molecule has 5 nitrogen and oxygen atoms in total. The van der Waals surface area contributed by atoms with E-state index in [-0.39, 0.29) is 11.9 Å². The summed E-state index contributed by atoms with van der Waals surface area (Å²) in [5.74, 6) is -0.452. The fraction of sp³-hybridized carbons (Fsp3) is 0.579. The lowest BCUT2D eigenvalue weighted by Gasteiger charge is -2.25. The molecule has 0 saturated carbocycles. The molecule has 0 bridgehead atoms. The molecule has 0 saturated heterocycles. The maximum absolute atomic E-state index is 10.8. The first-order valence-electron chi connectivity index (χ1n) is 8.57. The molecule has 5 heteroatoms. The number of carbonyl (C=O) groups is 2. The molecule has 0 heterocycles. The number of unbranched alkanes of at least 4 members (excludes halogenated alkanes) is 2. The summed E-state index contributed by atoms with van der Waals surface area (Å²) in [5, 5.41) is 0. The molecule has 0 spiro atoms. The van der Waals surface area contributed by atoms with Crippen LogP contribution in [0.25, 0.3) is 0 Å². The first kappa shape index (κ1) is 20.0. The number of benzene rings is 1. The Morgan fingerprint density at radius 1 is 0.917 bits per heavy atom. The van der Waals surface area contributed by atoms with Gasteiger partial charge in [-0.15, -0.1) is 0 Å². The standard InChI is InChI=1S/C19H29NO4/c1-16-9-8-10-19(15-16)20(11-4-6-13-23-17(2)21)12-5-7-14-24-18(3)22/h8-10,15H,4-7,11-14H2,1-3H3. The molecule has 0 aliphatic heterocycles. The quantitative estimate of drug-likeness (QED) is 0.458. The number of esters is 2. The lowest BCUT2D eigenvalue weighted by molar-refractivity contribution is -0.142. The molecule has 0 atom stereocenters. The van der Waals surface area contributed by atoms with E-state index in [4.69, 9.17) is 9.47 Å². The summed E-state index contributed by atoms with van der Waals surface area (Å²) in [5.41, 5.74) is 2.44. The van der Waals surface area contributed by atoms with Crippen molar-refractivity contribution in [3.8, 4) is 0 Å². The zero-order valence-corrected chi connectivity index (χ0v) is 15.0. The maximum Gasteiger partial charge on any atom is 0.302 e. The van der Waals surface area contributed by atoms with Crippen molar-refractivity contribution in [2.24, 2.45) is 0 Å². The van der Waals surface area contributed by atoms with Gasteiger partial charge in [-0.3, -0.25) is 9.59 Å². The normalized spacial score (nSPS) is 10.3. The lowest BCUT2D eigenvalue weighted by Crippen LogP contribution is -2.26. The van der Waals surface area contributed by atoms with Gasteiger partial charge in [0.1, 0.15) is 0 Å². The van der Waals surface area contributed by atoms with E-state index < -0.39 is 0 Å². The fourth-order valence-corrected chi connectivity index (χ4v) is 2.44. The number of rotatable bonds is 11. The molecule has 1 rings (SSSR count). The van der Waals surface area contributed by atoms with Gasteiger partial charge < -0.3 is 14.4 Å². The summed E-state index contributed by atoms with van der Waals surface area (Å²) >= 11 is 0. The minimum atomic E-state index is -0.226. The van der Waals surface area contributed by atoms with Crippen LogP contribution in [0.15, 0.2) is 24.3 Å². The van der Waals surface area contributed by atoms with Crippen molar-refractivity contribution >= 4 is 17.6 Å². The smallest absolute Gasteiger partial charge is 0.302 e. The molecule has 0 aliphatic carbocycles. The molecule has 0 aliphatic rings. The van der Waals surface area contributed by atoms with Gasteiger partial charge in [0, 0.05) is 32.6 Å². The van der Waals surface area contributed by atoms with Gasteiger partial charge in [0.2, 0.25) is 0 Å². The molecule has 0 N–H and O–H groups in total. The number of hydrogen-bond donors (Lipinski definition) is 0. The second-order valence-corrected chi connectivity index (χ2v) is 5.92. The van der Waals surface area contributed by atoms with Crippen molar-refractivity contribution in [2.45, 2.75) is 46.5 Å². The van der Waals surface area contributed by atoms with Gasteiger partial charge in [-0.1, -0.05) is 12.1 Å². The number of nitrogens with zero attached hydrogens (tertiary/aromatic N) is 1. The van der Waals surface area contributed by atoms with Crippen LogP contribution in [0, 0.1) is 6.92 Å². The molecule has 0 unspecified atom stereocenters. The number of aryl methyl sites for hydroxylation is 1. The minimum Gasteiger partial charge on any atom is -0.466 e. The average molecular weight is 335 g/mol. The second-order valence-electron chi connectivity index (χ2n) is 5.92. The van der Waals surface area contributed by atoms with E-state index in [2.05, 4.69) is 36.1 Å². The molecular formula is C19H29NO4. The molecule has 1 aromatic rings. The highest BCUT2D eigenvalue weighted by molar-refractivity contribution is 5.66. The summed E-state index contributed by atoms with van der Waals surface area (Å²) in [6, 6.07) is 8.45. The highest BCUT2D eigenvalue weighted by Gasteiger charge is 2.07. The largest absolute Gasteiger partial charge is 0.466 e. The van der Waals surface area contributed by atoms with Crippen LogP contribution in [0.2, 0.25) is 0 Å². The molecular weight excluding hydrogens is 306 g/mol. The second kappa shape index (κ2) is 11.5. The van der Waals surface area contributed by atoms with Crippen molar-refractivity contribution in [2.75, 3.05) is 31.2 Å². The average Bonchev–Trinajstić information content (AvgIpc) is 2.51. The minimum absolute atomic E-state index is 0.226. The Morgan fingerprint density at radius 2 is 1.46 bits per heavy atom. The number of hydrogen-bond acceptors (Lipinski definition) is 5. The highest BCUT2D eigenvalue weighted by Crippen LogP contribution is 2.17. The predicted octanol–water partition coefficient (Wildman–Crippen LogP) is 3.49. The zero-order chi connectivity index (χ0) is 17.8. The summed E-state index contributed by atoms with van der Waals surface area (Å²) in [6.45, 7) is 7.73. The van der Waals surface area contributed by atoms with E-state index in [1.807, 2.05) is 0 Å². The van der Waals surface area contributed by atoms with E-state index in [1.165, 1.54) is 25.1 Å². The third kappa shape index (κ3) is 9.18. The molecule has 1 aromatic carbocycles. The first-order valence-corrected chi connectivity index (χ1v) is 8.57. The van der Waals surface area contributed by atoms with Crippen LogP contribution < -0.4 is 4.90 Å².